The standard InChI is InChI=1S/C18H34N2O/c1-3-18(4-2,13-19-15-9-10-15)14-20-11-12-21-17-8-6-5-7-16(17)20/h15-17,19H,3-14H2,1-2H3. The van der Waals surface area contributed by atoms with Gasteiger partial charge in [0, 0.05) is 31.7 Å². The van der Waals surface area contributed by atoms with Crippen LogP contribution in [0.15, 0.2) is 0 Å². The number of morpholine rings is 1. The molecule has 0 bridgehead atoms. The van der Waals surface area contributed by atoms with Gasteiger partial charge in [-0.2, -0.15) is 0 Å². The summed E-state index contributed by atoms with van der Waals surface area (Å²) in [5, 5.41) is 3.80. The van der Waals surface area contributed by atoms with Crippen molar-refractivity contribution in [3.05, 3.63) is 0 Å². The molecule has 122 valence electrons. The van der Waals surface area contributed by atoms with Crippen LogP contribution in [-0.4, -0.2) is 49.3 Å². The van der Waals surface area contributed by atoms with Gasteiger partial charge < -0.3 is 10.1 Å². The Morgan fingerprint density at radius 3 is 2.57 bits per heavy atom. The number of ether oxygens (including phenoxy) is 1. The van der Waals surface area contributed by atoms with E-state index in [1.807, 2.05) is 0 Å². The van der Waals surface area contributed by atoms with Crippen LogP contribution in [0.3, 0.4) is 0 Å². The molecule has 3 aliphatic rings. The molecule has 2 atom stereocenters. The molecule has 0 radical (unpaired) electrons. The maximum absolute atomic E-state index is 6.04. The Bertz CT molecular complexity index is 323. The van der Waals surface area contributed by atoms with Crippen LogP contribution in [0.25, 0.3) is 0 Å². The Balaban J connectivity index is 1.62. The van der Waals surface area contributed by atoms with Crippen molar-refractivity contribution < 1.29 is 4.74 Å². The van der Waals surface area contributed by atoms with Crippen molar-refractivity contribution in [1.82, 2.24) is 10.2 Å². The number of hydrogen-bond acceptors (Lipinski definition) is 3. The van der Waals surface area contributed by atoms with Gasteiger partial charge in [0.2, 0.25) is 0 Å². The molecule has 2 aliphatic carbocycles. The SMILES string of the molecule is CCC(CC)(CNC1CC1)CN1CCOC2CCCCC21. The van der Waals surface area contributed by atoms with Crippen LogP contribution >= 0.6 is 0 Å². The largest absolute Gasteiger partial charge is 0.375 e. The highest BCUT2D eigenvalue weighted by molar-refractivity contribution is 4.93. The van der Waals surface area contributed by atoms with Gasteiger partial charge in [-0.1, -0.05) is 26.7 Å². The van der Waals surface area contributed by atoms with Crippen LogP contribution < -0.4 is 5.32 Å². The minimum Gasteiger partial charge on any atom is -0.375 e. The molecule has 0 aromatic carbocycles. The summed E-state index contributed by atoms with van der Waals surface area (Å²) in [6.07, 6.45) is 11.3. The normalized spacial score (nSPS) is 31.1. The van der Waals surface area contributed by atoms with Gasteiger partial charge in [-0.15, -0.1) is 0 Å². The molecule has 3 nitrogen and oxygen atoms in total. The summed E-state index contributed by atoms with van der Waals surface area (Å²) in [4.78, 5) is 2.79. The van der Waals surface area contributed by atoms with E-state index in [0.717, 1.165) is 19.2 Å². The molecule has 0 aromatic rings. The predicted octanol–water partition coefficient (Wildman–Crippen LogP) is 3.19. The minimum atomic E-state index is 0.460. The maximum Gasteiger partial charge on any atom is 0.0730 e. The van der Waals surface area contributed by atoms with Crippen LogP contribution in [0.4, 0.5) is 0 Å². The molecule has 1 aliphatic heterocycles. The monoisotopic (exact) mass is 294 g/mol. The van der Waals surface area contributed by atoms with Gasteiger partial charge >= 0.3 is 0 Å². The second-order valence-electron chi connectivity index (χ2n) is 7.59. The molecular formula is C18H34N2O. The van der Waals surface area contributed by atoms with Crippen molar-refractivity contribution in [1.29, 1.82) is 0 Å². The molecule has 21 heavy (non-hydrogen) atoms. The van der Waals surface area contributed by atoms with Crippen molar-refractivity contribution in [2.75, 3.05) is 26.2 Å². The molecule has 1 heterocycles. The second-order valence-corrected chi connectivity index (χ2v) is 7.59. The Kier molecular flexibility index (Phi) is 5.23. The highest BCUT2D eigenvalue weighted by Crippen LogP contribution is 2.34. The highest BCUT2D eigenvalue weighted by atomic mass is 16.5. The van der Waals surface area contributed by atoms with E-state index in [9.17, 15) is 0 Å². The van der Waals surface area contributed by atoms with Crippen LogP contribution in [0.2, 0.25) is 0 Å². The molecule has 0 amide bonds. The lowest BCUT2D eigenvalue weighted by molar-refractivity contribution is -0.0995. The van der Waals surface area contributed by atoms with Crippen molar-refractivity contribution >= 4 is 0 Å². The van der Waals surface area contributed by atoms with Crippen LogP contribution in [0.1, 0.15) is 65.2 Å². The summed E-state index contributed by atoms with van der Waals surface area (Å²) in [7, 11) is 0. The summed E-state index contributed by atoms with van der Waals surface area (Å²) in [6.45, 7) is 9.34. The van der Waals surface area contributed by atoms with E-state index < -0.39 is 0 Å². The third-order valence-electron chi connectivity index (χ3n) is 6.23. The quantitative estimate of drug-likeness (QED) is 0.780. The molecule has 3 heteroatoms. The number of rotatable bonds is 7. The smallest absolute Gasteiger partial charge is 0.0730 e. The first-order valence-corrected chi connectivity index (χ1v) is 9.35. The van der Waals surface area contributed by atoms with E-state index in [4.69, 9.17) is 4.74 Å². The fourth-order valence-electron chi connectivity index (χ4n) is 4.23. The van der Waals surface area contributed by atoms with Gasteiger partial charge in [-0.25, -0.2) is 0 Å². The summed E-state index contributed by atoms with van der Waals surface area (Å²) in [5.74, 6) is 0. The predicted molar refractivity (Wildman–Crippen MR) is 87.6 cm³/mol. The molecule has 3 rings (SSSR count). The lowest BCUT2D eigenvalue weighted by Crippen LogP contribution is -2.56. The fraction of sp³-hybridized carbons (Fsp3) is 1.00. The molecule has 0 aromatic heterocycles. The third kappa shape index (κ3) is 3.80. The van der Waals surface area contributed by atoms with E-state index in [-0.39, 0.29) is 0 Å². The number of hydrogen-bond donors (Lipinski definition) is 1. The highest BCUT2D eigenvalue weighted by Gasteiger charge is 2.38. The van der Waals surface area contributed by atoms with Crippen molar-refractivity contribution in [2.45, 2.75) is 83.4 Å². The molecule has 1 N–H and O–H groups in total. The zero-order chi connectivity index (χ0) is 14.7. The van der Waals surface area contributed by atoms with Gasteiger partial charge in [0.25, 0.3) is 0 Å². The Morgan fingerprint density at radius 1 is 1.10 bits per heavy atom. The van der Waals surface area contributed by atoms with Gasteiger partial charge in [0.15, 0.2) is 0 Å². The molecule has 3 fully saturated rings. The molecular weight excluding hydrogens is 260 g/mol. The van der Waals surface area contributed by atoms with E-state index >= 15 is 0 Å². The van der Waals surface area contributed by atoms with Crippen molar-refractivity contribution in [2.24, 2.45) is 5.41 Å². The van der Waals surface area contributed by atoms with E-state index in [1.165, 1.54) is 64.5 Å². The minimum absolute atomic E-state index is 0.460. The summed E-state index contributed by atoms with van der Waals surface area (Å²) in [6, 6.07) is 1.53. The van der Waals surface area contributed by atoms with E-state index in [1.54, 1.807) is 0 Å². The summed E-state index contributed by atoms with van der Waals surface area (Å²) in [5.41, 5.74) is 0.460. The van der Waals surface area contributed by atoms with Gasteiger partial charge in [-0.05, 0) is 43.9 Å². The van der Waals surface area contributed by atoms with Crippen LogP contribution in [0.5, 0.6) is 0 Å². The maximum atomic E-state index is 6.04. The lowest BCUT2D eigenvalue weighted by Gasteiger charge is -2.48. The Hall–Kier alpha value is -0.120. The molecule has 1 saturated heterocycles. The summed E-state index contributed by atoms with van der Waals surface area (Å²) < 4.78 is 6.04. The van der Waals surface area contributed by atoms with Crippen molar-refractivity contribution in [3.63, 3.8) is 0 Å². The van der Waals surface area contributed by atoms with Gasteiger partial charge in [-0.3, -0.25) is 4.90 Å². The first-order valence-electron chi connectivity index (χ1n) is 9.35. The Labute approximate surface area is 130 Å². The molecule has 2 unspecified atom stereocenters. The van der Waals surface area contributed by atoms with Crippen LogP contribution in [0, 0.1) is 5.41 Å². The zero-order valence-electron chi connectivity index (χ0n) is 14.1. The molecule has 0 spiro atoms. The number of fused-ring (bicyclic) bond motifs is 1. The van der Waals surface area contributed by atoms with Gasteiger partial charge in [0.05, 0.1) is 12.7 Å². The van der Waals surface area contributed by atoms with E-state index in [2.05, 4.69) is 24.1 Å². The van der Waals surface area contributed by atoms with E-state index in [0.29, 0.717) is 17.6 Å². The first-order chi connectivity index (χ1) is 10.3. The molecule has 2 saturated carbocycles. The average Bonchev–Trinajstić information content (AvgIpc) is 3.36. The van der Waals surface area contributed by atoms with Crippen molar-refractivity contribution in [3.8, 4) is 0 Å². The second kappa shape index (κ2) is 6.97. The lowest BCUT2D eigenvalue weighted by atomic mass is 9.80. The number of nitrogens with one attached hydrogen (secondary N) is 1. The summed E-state index contributed by atoms with van der Waals surface area (Å²) >= 11 is 0. The van der Waals surface area contributed by atoms with Gasteiger partial charge in [0.1, 0.15) is 0 Å². The number of nitrogens with zero attached hydrogens (tertiary/aromatic N) is 1. The zero-order valence-corrected chi connectivity index (χ0v) is 14.1. The van der Waals surface area contributed by atoms with Crippen LogP contribution in [-0.2, 0) is 4.74 Å². The Morgan fingerprint density at radius 2 is 1.86 bits per heavy atom. The average molecular weight is 294 g/mol. The topological polar surface area (TPSA) is 24.5 Å². The third-order valence-corrected chi connectivity index (χ3v) is 6.23. The first kappa shape index (κ1) is 15.8. The fourth-order valence-corrected chi connectivity index (χ4v) is 4.23.